The summed E-state index contributed by atoms with van der Waals surface area (Å²) in [6.07, 6.45) is 0. The number of carboxylic acids is 1. The van der Waals surface area contributed by atoms with E-state index in [2.05, 4.69) is 0 Å². The molecule has 0 aliphatic rings. The van der Waals surface area contributed by atoms with Crippen molar-refractivity contribution in [3.63, 3.8) is 0 Å². The predicted molar refractivity (Wildman–Crippen MR) is 70.9 cm³/mol. The summed E-state index contributed by atoms with van der Waals surface area (Å²) >= 11 is 1.30. The molecule has 0 saturated heterocycles. The number of benzene rings is 1. The van der Waals surface area contributed by atoms with E-state index < -0.39 is 16.2 Å². The molecule has 23 heavy (non-hydrogen) atoms. The molecule has 120 valence electrons. The Morgan fingerprint density at radius 3 is 2.26 bits per heavy atom. The van der Waals surface area contributed by atoms with E-state index in [9.17, 15) is 4.79 Å². The zero-order valence-electron chi connectivity index (χ0n) is 11.3. The lowest BCUT2D eigenvalue weighted by Crippen LogP contribution is -2.68. The van der Waals surface area contributed by atoms with E-state index in [-0.39, 0.29) is 5.56 Å². The molecule has 0 amide bonds. The van der Waals surface area contributed by atoms with Crippen molar-refractivity contribution < 1.29 is 43.2 Å². The van der Waals surface area contributed by atoms with Crippen molar-refractivity contribution in [2.24, 2.45) is 0 Å². The maximum absolute atomic E-state index is 10.9. The fourth-order valence-electron chi connectivity index (χ4n) is 1.76. The lowest BCUT2D eigenvalue weighted by atomic mass is 10.1. The van der Waals surface area contributed by atoms with Gasteiger partial charge in [0.05, 0.1) is 5.39 Å². The van der Waals surface area contributed by atoms with Gasteiger partial charge in [-0.3, -0.25) is 0 Å². The molecule has 0 aliphatic carbocycles. The molecule has 9 heteroatoms. The van der Waals surface area contributed by atoms with Gasteiger partial charge in [-0.2, -0.15) is 0 Å². The minimum absolute atomic E-state index is 0.285. The molecule has 7 nitrogen and oxygen atoms in total. The van der Waals surface area contributed by atoms with Crippen LogP contribution in [-0.4, -0.2) is 11.1 Å². The molecule has 1 N–H and O–H groups in total. The summed E-state index contributed by atoms with van der Waals surface area (Å²) in [6.45, 7) is 0. The Morgan fingerprint density at radius 2 is 1.70 bits per heavy atom. The van der Waals surface area contributed by atoms with Crippen molar-refractivity contribution in [3.05, 3.63) is 53.4 Å². The van der Waals surface area contributed by atoms with Crippen molar-refractivity contribution >= 4 is 27.6 Å². The first-order valence-corrected chi connectivity index (χ1v) is 8.11. The fourth-order valence-corrected chi connectivity index (χ4v) is 2.55. The molecule has 2 heterocycles. The summed E-state index contributed by atoms with van der Waals surface area (Å²) < 4.78 is 39.7. The van der Waals surface area contributed by atoms with Gasteiger partial charge in [-0.15, -0.1) is 10.2 Å². The van der Waals surface area contributed by atoms with Gasteiger partial charge >= 0.3 is 10.9 Å². The van der Waals surface area contributed by atoms with E-state index in [4.69, 9.17) is 28.2 Å². The molecule has 1 aromatic carbocycles. The van der Waals surface area contributed by atoms with Crippen molar-refractivity contribution in [2.75, 3.05) is 0 Å². The molecule has 2 aromatic heterocycles. The molecule has 0 saturated carbocycles. The van der Waals surface area contributed by atoms with Crippen LogP contribution in [0.3, 0.4) is 0 Å². The Hall–Kier alpha value is -2.07. The van der Waals surface area contributed by atoms with Crippen LogP contribution < -0.4 is 18.6 Å². The number of fused-ring (bicyclic) bond motifs is 1. The van der Waals surface area contributed by atoms with Gasteiger partial charge < -0.3 is 9.52 Å². The third-order valence-corrected chi connectivity index (χ3v) is 3.54. The Bertz CT molecular complexity index is 805. The van der Waals surface area contributed by atoms with Crippen LogP contribution in [0.15, 0.2) is 52.3 Å². The van der Waals surface area contributed by atoms with Gasteiger partial charge in [-0.05, 0) is 12.1 Å². The summed E-state index contributed by atoms with van der Waals surface area (Å²) in [5, 5.41) is 11.3. The van der Waals surface area contributed by atoms with Crippen LogP contribution in [0, 0.1) is 10.2 Å². The lowest BCUT2D eigenvalue weighted by molar-refractivity contribution is -2.00. The average Bonchev–Trinajstić information content (AvgIpc) is 2.89. The van der Waals surface area contributed by atoms with E-state index in [1.54, 1.807) is 11.4 Å². The summed E-state index contributed by atoms with van der Waals surface area (Å²) in [5.74, 6) is -0.167. The predicted octanol–water partition coefficient (Wildman–Crippen LogP) is -0.615. The number of carbonyl (C=O) groups is 1. The number of halogens is 1. The first kappa shape index (κ1) is 17.3. The second kappa shape index (κ2) is 7.01. The number of hydrogen-bond acceptors (Lipinski definition) is 6. The van der Waals surface area contributed by atoms with Gasteiger partial charge in [0.1, 0.15) is 11.3 Å². The molecule has 0 atom stereocenters. The topological polar surface area (TPSA) is 143 Å². The van der Waals surface area contributed by atoms with Crippen LogP contribution in [0.1, 0.15) is 10.4 Å². The maximum Gasteiger partial charge on any atom is 0.398 e. The first-order chi connectivity index (χ1) is 10.7. The number of carboxylic acid groups (broad SMARTS) is 1. The second-order valence-corrected chi connectivity index (χ2v) is 5.84. The number of furan rings is 1. The normalized spacial score (nSPS) is 11.0. The molecule has 3 rings (SSSR count). The largest absolute Gasteiger partial charge is 0.478 e. The first-order valence-electron chi connectivity index (χ1n) is 6.00. The van der Waals surface area contributed by atoms with Gasteiger partial charge in [0.15, 0.2) is 0 Å². The average molecular weight is 357 g/mol. The van der Waals surface area contributed by atoms with Gasteiger partial charge in [0.25, 0.3) is 11.3 Å². The highest BCUT2D eigenvalue weighted by atomic mass is 35.7. The smallest absolute Gasteiger partial charge is 0.398 e. The second-order valence-electron chi connectivity index (χ2n) is 4.24. The van der Waals surface area contributed by atoms with Crippen LogP contribution in [0.5, 0.6) is 0 Å². The van der Waals surface area contributed by atoms with Crippen LogP contribution in [-0.2, 0) is 0 Å². The molecule has 3 aromatic rings. The highest BCUT2D eigenvalue weighted by Gasteiger charge is 2.17. The van der Waals surface area contributed by atoms with Crippen molar-refractivity contribution in [3.8, 4) is 11.3 Å². The summed E-state index contributed by atoms with van der Waals surface area (Å²) in [7, 11) is -4.94. The van der Waals surface area contributed by atoms with E-state index in [1.807, 2.05) is 36.4 Å². The highest BCUT2D eigenvalue weighted by Crippen LogP contribution is 2.30. The SMILES string of the molecule is O=C(O)c1c[s+]c2oc(-c3ccccc3)cc2c1.[O-][Cl+3]([O-])([O-])[O-]. The monoisotopic (exact) mass is 356 g/mol. The Balaban J connectivity index is 0.000000338. The lowest BCUT2D eigenvalue weighted by Gasteiger charge is -2.17. The number of aromatic carboxylic acids is 1. The Morgan fingerprint density at radius 1 is 1.09 bits per heavy atom. The van der Waals surface area contributed by atoms with E-state index in [0.717, 1.165) is 21.6 Å². The molecule has 0 unspecified atom stereocenters. The quantitative estimate of drug-likeness (QED) is 0.603. The van der Waals surface area contributed by atoms with Crippen LogP contribution in [0.2, 0.25) is 0 Å². The molecule has 0 aliphatic heterocycles. The van der Waals surface area contributed by atoms with Crippen molar-refractivity contribution in [1.29, 1.82) is 0 Å². The highest BCUT2D eigenvalue weighted by molar-refractivity contribution is 7.16. The Labute approximate surface area is 136 Å². The van der Waals surface area contributed by atoms with Gasteiger partial charge in [0.2, 0.25) is 5.38 Å². The molecule has 0 bridgehead atoms. The summed E-state index contributed by atoms with van der Waals surface area (Å²) in [5.41, 5.74) is 1.27. The molecule has 0 spiro atoms. The zero-order chi connectivity index (χ0) is 17.0. The summed E-state index contributed by atoms with van der Waals surface area (Å²) in [6, 6.07) is 13.2. The minimum atomic E-state index is -4.94. The van der Waals surface area contributed by atoms with Crippen LogP contribution in [0.4, 0.5) is 0 Å². The van der Waals surface area contributed by atoms with Crippen molar-refractivity contribution in [1.82, 2.24) is 0 Å². The fraction of sp³-hybridized carbons (Fsp3) is 0. The van der Waals surface area contributed by atoms with Gasteiger partial charge in [-0.1, -0.05) is 30.3 Å². The van der Waals surface area contributed by atoms with Gasteiger partial charge in [0, 0.05) is 5.56 Å². The zero-order valence-corrected chi connectivity index (χ0v) is 12.9. The van der Waals surface area contributed by atoms with Crippen LogP contribution >= 0.6 is 11.3 Å². The molecule has 0 fully saturated rings. The third-order valence-electron chi connectivity index (χ3n) is 2.63. The molecular weight excluding hydrogens is 348 g/mol. The third kappa shape index (κ3) is 5.25. The van der Waals surface area contributed by atoms with Crippen LogP contribution in [0.25, 0.3) is 21.6 Å². The van der Waals surface area contributed by atoms with Gasteiger partial charge in [-0.25, -0.2) is 23.4 Å². The van der Waals surface area contributed by atoms with E-state index >= 15 is 0 Å². The minimum Gasteiger partial charge on any atom is -0.478 e. The summed E-state index contributed by atoms with van der Waals surface area (Å²) in [4.78, 5) is 11.6. The van der Waals surface area contributed by atoms with E-state index in [0.29, 0.717) is 0 Å². The Kier molecular flexibility index (Phi) is 5.26. The van der Waals surface area contributed by atoms with Crippen molar-refractivity contribution in [2.45, 2.75) is 0 Å². The number of hydrogen-bond donors (Lipinski definition) is 1. The number of rotatable bonds is 2. The maximum atomic E-state index is 10.9. The molecule has 0 radical (unpaired) electrons. The standard InChI is InChI=1S/C14H8O3S.ClHO4/c15-13(16)11-6-10-7-12(17-14(10)18-8-11)9-4-2-1-3-5-9;2-1(3,4)5/h1-8H;(H,2,3,4,5). The molecular formula is C14H9ClO7S. The van der Waals surface area contributed by atoms with E-state index in [1.165, 1.54) is 11.3 Å².